The van der Waals surface area contributed by atoms with E-state index in [4.69, 9.17) is 9.47 Å². The van der Waals surface area contributed by atoms with Gasteiger partial charge in [-0.3, -0.25) is 19.3 Å². The van der Waals surface area contributed by atoms with Gasteiger partial charge in [0.1, 0.15) is 0 Å². The van der Waals surface area contributed by atoms with Crippen LogP contribution in [-0.2, 0) is 16.1 Å². The van der Waals surface area contributed by atoms with Crippen LogP contribution in [0, 0.1) is 5.92 Å². The molecule has 2 aliphatic rings. The van der Waals surface area contributed by atoms with Crippen LogP contribution in [0.4, 0.5) is 0 Å². The molecule has 0 saturated carbocycles. The topological polar surface area (TPSA) is 122 Å². The van der Waals surface area contributed by atoms with Gasteiger partial charge in [0.15, 0.2) is 11.5 Å². The number of hydrogen-bond donors (Lipinski definition) is 2. The Morgan fingerprint density at radius 3 is 2.63 bits per heavy atom. The number of ether oxygens (including phenoxy) is 2. The highest BCUT2D eigenvalue weighted by Gasteiger charge is 2.47. The van der Waals surface area contributed by atoms with E-state index in [0.29, 0.717) is 50.5 Å². The average molecular weight is 528 g/mol. The molecule has 38 heavy (non-hydrogen) atoms. The molecule has 1 aromatic heterocycles. The molecule has 206 valence electrons. The number of carboxylic acid groups (broad SMARTS) is 1. The number of rotatable bonds is 13. The summed E-state index contributed by atoms with van der Waals surface area (Å²) in [5.74, 6) is -0.942. The van der Waals surface area contributed by atoms with E-state index in [9.17, 15) is 24.6 Å². The second-order valence-electron chi connectivity index (χ2n) is 9.91. The molecular weight excluding hydrogens is 490 g/mol. The second-order valence-corrected chi connectivity index (χ2v) is 9.91. The van der Waals surface area contributed by atoms with Gasteiger partial charge < -0.3 is 29.2 Å². The summed E-state index contributed by atoms with van der Waals surface area (Å²) in [6, 6.07) is 9.97. The third kappa shape index (κ3) is 6.36. The molecule has 1 amide bonds. The van der Waals surface area contributed by atoms with Gasteiger partial charge in [0, 0.05) is 57.0 Å². The lowest BCUT2D eigenvalue weighted by molar-refractivity contribution is -0.144. The Bertz CT molecular complexity index is 1160. The van der Waals surface area contributed by atoms with Crippen LogP contribution in [0.3, 0.4) is 0 Å². The van der Waals surface area contributed by atoms with Crippen molar-refractivity contribution in [2.75, 3.05) is 39.6 Å². The molecule has 1 aromatic carbocycles. The number of carboxylic acids is 1. The number of likely N-dealkylation sites (tertiary alicyclic amines) is 1. The van der Waals surface area contributed by atoms with Crippen LogP contribution in [0.1, 0.15) is 44.1 Å². The highest BCUT2D eigenvalue weighted by molar-refractivity contribution is 5.79. The zero-order valence-corrected chi connectivity index (χ0v) is 21.8. The Hall–Kier alpha value is -3.37. The number of aliphatic hydroxyl groups excluding tert-OH is 1. The first-order valence-electron chi connectivity index (χ1n) is 13.3. The molecule has 1 saturated heterocycles. The lowest BCUT2D eigenvalue weighted by Gasteiger charge is -2.30. The number of aryl methyl sites for hydroxylation is 1. The van der Waals surface area contributed by atoms with Gasteiger partial charge in [-0.05, 0) is 43.0 Å². The Morgan fingerprint density at radius 1 is 1.11 bits per heavy atom. The van der Waals surface area contributed by atoms with Crippen LogP contribution in [-0.4, -0.2) is 82.1 Å². The van der Waals surface area contributed by atoms with Gasteiger partial charge in [-0.15, -0.1) is 0 Å². The minimum absolute atomic E-state index is 0.00134. The summed E-state index contributed by atoms with van der Waals surface area (Å²) < 4.78 is 12.5. The third-order valence-corrected chi connectivity index (χ3v) is 7.48. The fraction of sp³-hybridized carbons (Fsp3) is 0.536. The van der Waals surface area contributed by atoms with E-state index in [0.717, 1.165) is 18.4 Å². The third-order valence-electron chi connectivity index (χ3n) is 7.48. The Labute approximate surface area is 222 Å². The van der Waals surface area contributed by atoms with Crippen molar-refractivity contribution in [2.24, 2.45) is 5.92 Å². The SMILES string of the molecule is CCCCN(CCCO)C(=O)CN1C[C@H](c2ccc3c(c2)OCO3)C(C(=O)O)[C@@H]1CCn1ccccc1=O. The van der Waals surface area contributed by atoms with Crippen molar-refractivity contribution < 1.29 is 29.3 Å². The number of aliphatic carboxylic acids is 1. The number of aliphatic hydroxyl groups is 1. The van der Waals surface area contributed by atoms with Crippen LogP contribution in [0.2, 0.25) is 0 Å². The van der Waals surface area contributed by atoms with Crippen molar-refractivity contribution in [3.8, 4) is 11.5 Å². The van der Waals surface area contributed by atoms with Crippen molar-refractivity contribution in [2.45, 2.75) is 51.1 Å². The predicted octanol–water partition coefficient (Wildman–Crippen LogP) is 2.15. The molecule has 1 unspecified atom stereocenters. The zero-order valence-electron chi connectivity index (χ0n) is 21.8. The van der Waals surface area contributed by atoms with Crippen molar-refractivity contribution in [1.29, 1.82) is 0 Å². The van der Waals surface area contributed by atoms with E-state index in [2.05, 4.69) is 6.92 Å². The largest absolute Gasteiger partial charge is 0.481 e. The van der Waals surface area contributed by atoms with E-state index in [-0.39, 0.29) is 37.3 Å². The summed E-state index contributed by atoms with van der Waals surface area (Å²) in [6.45, 7) is 4.06. The minimum Gasteiger partial charge on any atom is -0.481 e. The molecular formula is C28H37N3O7. The van der Waals surface area contributed by atoms with Gasteiger partial charge in [-0.1, -0.05) is 25.5 Å². The van der Waals surface area contributed by atoms with E-state index in [1.807, 2.05) is 17.0 Å². The Morgan fingerprint density at radius 2 is 1.89 bits per heavy atom. The molecule has 10 nitrogen and oxygen atoms in total. The summed E-state index contributed by atoms with van der Waals surface area (Å²) in [7, 11) is 0. The van der Waals surface area contributed by atoms with Crippen molar-refractivity contribution in [3.63, 3.8) is 0 Å². The molecule has 1 fully saturated rings. The van der Waals surface area contributed by atoms with Crippen molar-refractivity contribution >= 4 is 11.9 Å². The van der Waals surface area contributed by atoms with E-state index >= 15 is 0 Å². The number of nitrogens with zero attached hydrogens (tertiary/aromatic N) is 3. The second kappa shape index (κ2) is 12.9. The molecule has 3 atom stereocenters. The molecule has 3 heterocycles. The van der Waals surface area contributed by atoms with Crippen LogP contribution >= 0.6 is 0 Å². The normalized spacial score (nSPS) is 20.5. The summed E-state index contributed by atoms with van der Waals surface area (Å²) in [6.07, 6.45) is 4.39. The number of pyridine rings is 1. The van der Waals surface area contributed by atoms with Gasteiger partial charge in [-0.25, -0.2) is 0 Å². The standard InChI is InChI=1S/C28H37N3O7/c1-2-3-11-29(13-6-15-32)26(34)18-31-17-21(20-8-9-23-24(16-20)38-19-37-23)27(28(35)36)22(31)10-14-30-12-5-4-7-25(30)33/h4-5,7-9,12,16,21-22,27,32H,2-3,6,10-11,13-15,17-19H2,1H3,(H,35,36)/t21-,22+,27?/m1/s1. The van der Waals surface area contributed by atoms with E-state index in [1.54, 1.807) is 33.9 Å². The lowest BCUT2D eigenvalue weighted by atomic mass is 9.84. The number of carbonyl (C=O) groups excluding carboxylic acids is 1. The van der Waals surface area contributed by atoms with Crippen LogP contribution < -0.4 is 15.0 Å². The molecule has 10 heteroatoms. The van der Waals surface area contributed by atoms with Gasteiger partial charge in [-0.2, -0.15) is 0 Å². The summed E-state index contributed by atoms with van der Waals surface area (Å²) >= 11 is 0. The predicted molar refractivity (Wildman–Crippen MR) is 140 cm³/mol. The smallest absolute Gasteiger partial charge is 0.308 e. The monoisotopic (exact) mass is 527 g/mol. The van der Waals surface area contributed by atoms with Crippen LogP contribution in [0.25, 0.3) is 0 Å². The van der Waals surface area contributed by atoms with Gasteiger partial charge in [0.2, 0.25) is 18.3 Å². The van der Waals surface area contributed by atoms with Crippen LogP contribution in [0.5, 0.6) is 11.5 Å². The molecule has 4 rings (SSSR count). The van der Waals surface area contributed by atoms with Gasteiger partial charge >= 0.3 is 5.97 Å². The van der Waals surface area contributed by atoms with E-state index in [1.165, 1.54) is 6.07 Å². The summed E-state index contributed by atoms with van der Waals surface area (Å²) in [5, 5.41) is 19.7. The first kappa shape index (κ1) is 27.7. The maximum absolute atomic E-state index is 13.4. The highest BCUT2D eigenvalue weighted by atomic mass is 16.7. The molecule has 0 spiro atoms. The van der Waals surface area contributed by atoms with Crippen molar-refractivity contribution in [3.05, 3.63) is 58.5 Å². The zero-order chi connectivity index (χ0) is 27.1. The number of unbranched alkanes of at least 4 members (excludes halogenated alkanes) is 1. The number of amides is 1. The minimum atomic E-state index is -0.934. The number of hydrogen-bond acceptors (Lipinski definition) is 7. The highest BCUT2D eigenvalue weighted by Crippen LogP contribution is 2.42. The molecule has 2 aromatic rings. The first-order chi connectivity index (χ1) is 18.4. The Kier molecular flexibility index (Phi) is 9.41. The quantitative estimate of drug-likeness (QED) is 0.407. The Balaban J connectivity index is 1.61. The van der Waals surface area contributed by atoms with Gasteiger partial charge in [0.25, 0.3) is 0 Å². The number of carbonyl (C=O) groups is 2. The molecule has 2 aliphatic heterocycles. The average Bonchev–Trinajstić information content (AvgIpc) is 3.52. The summed E-state index contributed by atoms with van der Waals surface area (Å²) in [4.78, 5) is 42.1. The molecule has 2 N–H and O–H groups in total. The van der Waals surface area contributed by atoms with E-state index < -0.39 is 17.9 Å². The molecule has 0 aliphatic carbocycles. The van der Waals surface area contributed by atoms with Crippen molar-refractivity contribution in [1.82, 2.24) is 14.4 Å². The maximum Gasteiger partial charge on any atom is 0.308 e. The lowest BCUT2D eigenvalue weighted by Crippen LogP contribution is -2.45. The van der Waals surface area contributed by atoms with Gasteiger partial charge in [0.05, 0.1) is 12.5 Å². The molecule has 0 bridgehead atoms. The van der Waals surface area contributed by atoms with Crippen LogP contribution in [0.15, 0.2) is 47.4 Å². The number of benzene rings is 1. The fourth-order valence-corrected chi connectivity index (χ4v) is 5.50. The first-order valence-corrected chi connectivity index (χ1v) is 13.3. The molecule has 0 radical (unpaired) electrons. The fourth-order valence-electron chi connectivity index (χ4n) is 5.50. The number of fused-ring (bicyclic) bond motifs is 1. The maximum atomic E-state index is 13.4. The number of aromatic nitrogens is 1. The summed E-state index contributed by atoms with van der Waals surface area (Å²) in [5.41, 5.74) is 0.670.